The summed E-state index contributed by atoms with van der Waals surface area (Å²) in [7, 11) is 0. The summed E-state index contributed by atoms with van der Waals surface area (Å²) in [5.74, 6) is 0. The molecule has 0 spiro atoms. The van der Waals surface area contributed by atoms with E-state index in [2.05, 4.69) is 5.32 Å². The van der Waals surface area contributed by atoms with Crippen molar-refractivity contribution in [3.05, 3.63) is 0 Å². The monoisotopic (exact) mass is 228 g/mol. The van der Waals surface area contributed by atoms with Crippen molar-refractivity contribution >= 4 is 6.09 Å². The second-order valence-electron chi connectivity index (χ2n) is 5.57. The lowest BCUT2D eigenvalue weighted by Crippen LogP contribution is -2.56. The van der Waals surface area contributed by atoms with Crippen LogP contribution in [-0.4, -0.2) is 53.0 Å². The van der Waals surface area contributed by atoms with Gasteiger partial charge in [-0.1, -0.05) is 0 Å². The van der Waals surface area contributed by atoms with Crippen molar-refractivity contribution in [2.45, 2.75) is 51.0 Å². The quantitative estimate of drug-likeness (QED) is 0.627. The van der Waals surface area contributed by atoms with Gasteiger partial charge in [-0.25, -0.2) is 4.79 Å². The van der Waals surface area contributed by atoms with Crippen LogP contribution in [0.5, 0.6) is 0 Å². The van der Waals surface area contributed by atoms with Crippen LogP contribution < -0.4 is 5.32 Å². The van der Waals surface area contributed by atoms with Gasteiger partial charge in [0.15, 0.2) is 0 Å². The number of nitrogens with one attached hydrogen (secondary N) is 1. The minimum Gasteiger partial charge on any atom is -0.444 e. The number of ether oxygens (including phenoxy) is 1. The van der Waals surface area contributed by atoms with Gasteiger partial charge >= 0.3 is 6.09 Å². The number of amides is 1. The van der Waals surface area contributed by atoms with Crippen molar-refractivity contribution in [1.29, 1.82) is 0 Å². The smallest absolute Gasteiger partial charge is 0.410 e. The van der Waals surface area contributed by atoms with E-state index in [1.54, 1.807) is 4.90 Å². The highest BCUT2D eigenvalue weighted by Crippen LogP contribution is 2.28. The Morgan fingerprint density at radius 2 is 2.12 bits per heavy atom. The molecule has 0 aliphatic carbocycles. The Hall–Kier alpha value is -0.810. The van der Waals surface area contributed by atoms with Crippen LogP contribution in [-0.2, 0) is 4.74 Å². The van der Waals surface area contributed by atoms with Crippen molar-refractivity contribution in [1.82, 2.24) is 10.2 Å². The first-order valence-corrected chi connectivity index (χ1v) is 5.78. The molecule has 5 heteroatoms. The van der Waals surface area contributed by atoms with Gasteiger partial charge in [0, 0.05) is 13.1 Å². The Balaban J connectivity index is 2.07. The normalized spacial score (nSPS) is 34.0. The summed E-state index contributed by atoms with van der Waals surface area (Å²) in [4.78, 5) is 13.7. The summed E-state index contributed by atoms with van der Waals surface area (Å²) >= 11 is 0. The third-order valence-electron chi connectivity index (χ3n) is 3.05. The molecule has 2 aliphatic rings. The van der Waals surface area contributed by atoms with Gasteiger partial charge in [0.1, 0.15) is 5.60 Å². The molecule has 2 heterocycles. The molecule has 0 radical (unpaired) electrons. The second kappa shape index (κ2) is 3.89. The maximum Gasteiger partial charge on any atom is 0.410 e. The van der Waals surface area contributed by atoms with Crippen molar-refractivity contribution in [3.63, 3.8) is 0 Å². The highest BCUT2D eigenvalue weighted by atomic mass is 16.6. The number of nitrogens with zero attached hydrogens (tertiary/aromatic N) is 1. The molecule has 0 saturated carbocycles. The lowest BCUT2D eigenvalue weighted by atomic mass is 10.2. The van der Waals surface area contributed by atoms with Gasteiger partial charge in [-0.15, -0.1) is 0 Å². The van der Waals surface area contributed by atoms with Crippen LogP contribution in [0.2, 0.25) is 0 Å². The number of carbonyl (C=O) groups is 1. The zero-order valence-electron chi connectivity index (χ0n) is 10.1. The average Bonchev–Trinajstić information content (AvgIpc) is 2.31. The fourth-order valence-corrected chi connectivity index (χ4v) is 2.42. The third-order valence-corrected chi connectivity index (χ3v) is 3.05. The van der Waals surface area contributed by atoms with E-state index in [0.29, 0.717) is 13.0 Å². The van der Waals surface area contributed by atoms with Crippen LogP contribution in [0.1, 0.15) is 27.2 Å². The van der Waals surface area contributed by atoms with E-state index in [-0.39, 0.29) is 18.2 Å². The van der Waals surface area contributed by atoms with Gasteiger partial charge in [0.25, 0.3) is 0 Å². The largest absolute Gasteiger partial charge is 0.444 e. The highest BCUT2D eigenvalue weighted by Gasteiger charge is 2.46. The topological polar surface area (TPSA) is 61.8 Å². The minimum atomic E-state index is -0.480. The van der Waals surface area contributed by atoms with Crippen LogP contribution in [0.15, 0.2) is 0 Å². The number of rotatable bonds is 0. The van der Waals surface area contributed by atoms with Gasteiger partial charge in [0.2, 0.25) is 0 Å². The van der Waals surface area contributed by atoms with Gasteiger partial charge in [0.05, 0.1) is 18.2 Å². The fourth-order valence-electron chi connectivity index (χ4n) is 2.42. The number of piperazine rings is 1. The summed E-state index contributed by atoms with van der Waals surface area (Å²) in [6, 6.07) is -0.0581. The number of aliphatic hydroxyl groups is 1. The molecule has 92 valence electrons. The Morgan fingerprint density at radius 3 is 2.69 bits per heavy atom. The molecule has 1 amide bonds. The second-order valence-corrected chi connectivity index (χ2v) is 5.57. The summed E-state index contributed by atoms with van der Waals surface area (Å²) < 4.78 is 5.35. The Kier molecular flexibility index (Phi) is 2.84. The third kappa shape index (κ3) is 2.15. The minimum absolute atomic E-state index is 0.0728. The maximum atomic E-state index is 12.0. The summed E-state index contributed by atoms with van der Waals surface area (Å²) in [5, 5.41) is 13.0. The molecular weight excluding hydrogens is 208 g/mol. The molecule has 16 heavy (non-hydrogen) atoms. The standard InChI is InChI=1S/C11H20N2O3/c1-11(2,3)16-10(15)13-7-4-9(14)8(13)6-12-5-7/h7-9,12,14H,4-6H2,1-3H3/t7-,8+,9+/m0/s1. The molecule has 2 N–H and O–H groups in total. The zero-order chi connectivity index (χ0) is 11.9. The van der Waals surface area contributed by atoms with Crippen LogP contribution in [0, 0.1) is 0 Å². The van der Waals surface area contributed by atoms with Crippen molar-refractivity contribution in [2.75, 3.05) is 13.1 Å². The first-order chi connectivity index (χ1) is 7.38. The molecule has 2 aliphatic heterocycles. The maximum absolute atomic E-state index is 12.0. The Bertz CT molecular complexity index is 287. The van der Waals surface area contributed by atoms with E-state index >= 15 is 0 Å². The van der Waals surface area contributed by atoms with Crippen LogP contribution in [0.25, 0.3) is 0 Å². The molecule has 2 bridgehead atoms. The molecule has 0 aromatic carbocycles. The van der Waals surface area contributed by atoms with E-state index in [4.69, 9.17) is 4.74 Å². The van der Waals surface area contributed by atoms with Gasteiger partial charge in [-0.2, -0.15) is 0 Å². The molecule has 2 saturated heterocycles. The number of carbonyl (C=O) groups excluding carboxylic acids is 1. The Morgan fingerprint density at radius 1 is 1.44 bits per heavy atom. The summed E-state index contributed by atoms with van der Waals surface area (Å²) in [5.41, 5.74) is -0.480. The van der Waals surface area contributed by atoms with Crippen molar-refractivity contribution in [2.24, 2.45) is 0 Å². The van der Waals surface area contributed by atoms with Crippen LogP contribution >= 0.6 is 0 Å². The number of fused-ring (bicyclic) bond motifs is 2. The first kappa shape index (κ1) is 11.7. The fraction of sp³-hybridized carbons (Fsp3) is 0.909. The predicted octanol–water partition coefficient (Wildman–Crippen LogP) is 0.328. The molecular formula is C11H20N2O3. The lowest BCUT2D eigenvalue weighted by Gasteiger charge is -2.36. The number of hydrogen-bond donors (Lipinski definition) is 2. The summed E-state index contributed by atoms with van der Waals surface area (Å²) in [6.45, 7) is 6.95. The van der Waals surface area contributed by atoms with E-state index in [1.807, 2.05) is 20.8 Å². The molecule has 0 aromatic heterocycles. The molecule has 3 atom stereocenters. The van der Waals surface area contributed by atoms with Gasteiger partial charge in [-0.05, 0) is 27.2 Å². The van der Waals surface area contributed by atoms with Crippen LogP contribution in [0.4, 0.5) is 4.79 Å². The van der Waals surface area contributed by atoms with Gasteiger partial charge in [-0.3, -0.25) is 4.90 Å². The average molecular weight is 228 g/mol. The zero-order valence-corrected chi connectivity index (χ0v) is 10.1. The highest BCUT2D eigenvalue weighted by molar-refractivity contribution is 5.70. The van der Waals surface area contributed by atoms with Crippen molar-refractivity contribution in [3.8, 4) is 0 Å². The lowest BCUT2D eigenvalue weighted by molar-refractivity contribution is 0.00361. The summed E-state index contributed by atoms with van der Waals surface area (Å²) in [6.07, 6.45) is -0.0789. The van der Waals surface area contributed by atoms with E-state index in [9.17, 15) is 9.90 Å². The first-order valence-electron chi connectivity index (χ1n) is 5.78. The molecule has 5 nitrogen and oxygen atoms in total. The van der Waals surface area contributed by atoms with E-state index < -0.39 is 11.7 Å². The molecule has 2 fully saturated rings. The Labute approximate surface area is 95.8 Å². The molecule has 2 rings (SSSR count). The number of aliphatic hydroxyl groups excluding tert-OH is 1. The van der Waals surface area contributed by atoms with E-state index in [1.165, 1.54) is 0 Å². The molecule has 0 unspecified atom stereocenters. The van der Waals surface area contributed by atoms with Crippen LogP contribution in [0.3, 0.4) is 0 Å². The SMILES string of the molecule is CC(C)(C)OC(=O)N1[C@@H]2CNC[C@@H]1[C@H](O)C2. The van der Waals surface area contributed by atoms with E-state index in [0.717, 1.165) is 6.54 Å². The van der Waals surface area contributed by atoms with Gasteiger partial charge < -0.3 is 15.2 Å². The number of hydrogen-bond acceptors (Lipinski definition) is 4. The molecule has 0 aromatic rings. The van der Waals surface area contributed by atoms with Crippen molar-refractivity contribution < 1.29 is 14.6 Å². The predicted molar refractivity (Wildman–Crippen MR) is 59.1 cm³/mol.